The lowest BCUT2D eigenvalue weighted by Gasteiger charge is -2.25. The van der Waals surface area contributed by atoms with Crippen molar-refractivity contribution in [2.75, 3.05) is 0 Å². The van der Waals surface area contributed by atoms with Gasteiger partial charge < -0.3 is 9.67 Å². The van der Waals surface area contributed by atoms with Crippen LogP contribution in [-0.4, -0.2) is 20.6 Å². The lowest BCUT2D eigenvalue weighted by Crippen LogP contribution is -2.27. The normalized spacial score (nSPS) is 24.2. The molecule has 4 nitrogen and oxygen atoms in total. The van der Waals surface area contributed by atoms with E-state index in [1.807, 2.05) is 4.57 Å². The van der Waals surface area contributed by atoms with Crippen molar-refractivity contribution in [3.63, 3.8) is 0 Å². The van der Waals surface area contributed by atoms with Crippen molar-refractivity contribution < 1.29 is 9.90 Å². The predicted octanol–water partition coefficient (Wildman–Crippen LogP) is 3.27. The van der Waals surface area contributed by atoms with Crippen LogP contribution in [0.15, 0.2) is 4.60 Å². The maximum Gasteiger partial charge on any atom is 0.326 e. The molecule has 0 aromatic carbocycles. The van der Waals surface area contributed by atoms with E-state index in [4.69, 9.17) is 0 Å². The second-order valence-electron chi connectivity index (χ2n) is 5.31. The molecule has 0 radical (unpaired) electrons. The van der Waals surface area contributed by atoms with Gasteiger partial charge in [-0.05, 0) is 48.0 Å². The number of halogens is 1. The van der Waals surface area contributed by atoms with E-state index in [9.17, 15) is 9.90 Å². The lowest BCUT2D eigenvalue weighted by molar-refractivity contribution is -0.141. The molecular formula is C13H17BrN2O2. The molecule has 0 saturated heterocycles. The molecule has 1 aliphatic heterocycles. The molecule has 1 N–H and O–H groups in total. The molecular weight excluding hydrogens is 296 g/mol. The van der Waals surface area contributed by atoms with E-state index in [1.54, 1.807) is 0 Å². The summed E-state index contributed by atoms with van der Waals surface area (Å²) in [6.07, 6.45) is 7.37. The van der Waals surface area contributed by atoms with Gasteiger partial charge in [0.05, 0.1) is 5.69 Å². The number of carbonyl (C=O) groups is 1. The van der Waals surface area contributed by atoms with Gasteiger partial charge in [-0.15, -0.1) is 0 Å². The monoisotopic (exact) mass is 312 g/mol. The largest absolute Gasteiger partial charge is 0.480 e. The van der Waals surface area contributed by atoms with Crippen LogP contribution in [0.2, 0.25) is 0 Å². The Morgan fingerprint density at radius 1 is 1.28 bits per heavy atom. The fraction of sp³-hybridized carbons (Fsp3) is 0.692. The number of imidazole rings is 1. The first-order chi connectivity index (χ1) is 8.68. The zero-order valence-corrected chi connectivity index (χ0v) is 11.8. The van der Waals surface area contributed by atoms with Crippen LogP contribution in [0, 0.1) is 0 Å². The quantitative estimate of drug-likeness (QED) is 0.912. The number of aliphatic carboxylic acids is 1. The molecule has 98 valence electrons. The Labute approximate surface area is 115 Å². The summed E-state index contributed by atoms with van der Waals surface area (Å²) in [4.78, 5) is 16.1. The lowest BCUT2D eigenvalue weighted by atomic mass is 10.0. The Morgan fingerprint density at radius 3 is 2.67 bits per heavy atom. The number of hydrogen-bond donors (Lipinski definition) is 1. The summed E-state index contributed by atoms with van der Waals surface area (Å²) >= 11 is 3.50. The molecule has 1 aliphatic carbocycles. The summed E-state index contributed by atoms with van der Waals surface area (Å²) in [5, 5.41) is 9.40. The minimum atomic E-state index is -0.722. The minimum absolute atomic E-state index is 0.414. The van der Waals surface area contributed by atoms with Crippen LogP contribution >= 0.6 is 15.9 Å². The number of rotatable bonds is 2. The maximum atomic E-state index is 11.4. The molecule has 1 aromatic rings. The molecule has 1 fully saturated rings. The molecule has 2 aliphatic rings. The molecule has 5 heteroatoms. The fourth-order valence-corrected chi connectivity index (χ4v) is 3.90. The molecule has 1 unspecified atom stereocenters. The van der Waals surface area contributed by atoms with Crippen molar-refractivity contribution in [2.24, 2.45) is 0 Å². The van der Waals surface area contributed by atoms with Gasteiger partial charge in [0.1, 0.15) is 16.5 Å². The highest BCUT2D eigenvalue weighted by Gasteiger charge is 2.33. The summed E-state index contributed by atoms with van der Waals surface area (Å²) in [6, 6.07) is -0.414. The molecule has 0 bridgehead atoms. The Bertz CT molecular complexity index is 478. The Hall–Kier alpha value is -0.840. The summed E-state index contributed by atoms with van der Waals surface area (Å²) in [7, 11) is 0. The third kappa shape index (κ3) is 1.88. The van der Waals surface area contributed by atoms with Gasteiger partial charge in [-0.25, -0.2) is 9.78 Å². The van der Waals surface area contributed by atoms with Crippen LogP contribution in [0.3, 0.4) is 0 Å². The SMILES string of the molecule is O=C(O)C1CCCc2c(Br)nc(C3CCCC3)n21. The van der Waals surface area contributed by atoms with Crippen molar-refractivity contribution in [3.05, 3.63) is 16.1 Å². The number of nitrogens with zero attached hydrogens (tertiary/aromatic N) is 2. The van der Waals surface area contributed by atoms with Crippen LogP contribution in [0.25, 0.3) is 0 Å². The van der Waals surface area contributed by atoms with E-state index in [1.165, 1.54) is 12.8 Å². The zero-order chi connectivity index (χ0) is 12.7. The predicted molar refractivity (Wildman–Crippen MR) is 70.7 cm³/mol. The van der Waals surface area contributed by atoms with Gasteiger partial charge in [-0.3, -0.25) is 0 Å². The Balaban J connectivity index is 2.07. The number of carboxylic acids is 1. The average molecular weight is 313 g/mol. The summed E-state index contributed by atoms with van der Waals surface area (Å²) in [5.41, 5.74) is 1.08. The van der Waals surface area contributed by atoms with Crippen LogP contribution in [0.5, 0.6) is 0 Å². The summed E-state index contributed by atoms with van der Waals surface area (Å²) in [6.45, 7) is 0. The third-order valence-corrected chi connectivity index (χ3v) is 4.83. The third-order valence-electron chi connectivity index (χ3n) is 4.20. The van der Waals surface area contributed by atoms with Crippen LogP contribution in [-0.2, 0) is 11.2 Å². The molecule has 2 heterocycles. The van der Waals surface area contributed by atoms with Crippen molar-refractivity contribution >= 4 is 21.9 Å². The summed E-state index contributed by atoms with van der Waals surface area (Å²) in [5.74, 6) is 0.733. The maximum absolute atomic E-state index is 11.4. The highest BCUT2D eigenvalue weighted by molar-refractivity contribution is 9.10. The van der Waals surface area contributed by atoms with E-state index in [-0.39, 0.29) is 0 Å². The second-order valence-corrected chi connectivity index (χ2v) is 6.06. The Morgan fingerprint density at radius 2 is 2.00 bits per heavy atom. The van der Waals surface area contributed by atoms with E-state index in [2.05, 4.69) is 20.9 Å². The zero-order valence-electron chi connectivity index (χ0n) is 10.2. The topological polar surface area (TPSA) is 55.1 Å². The molecule has 1 aromatic heterocycles. The molecule has 18 heavy (non-hydrogen) atoms. The number of carboxylic acid groups (broad SMARTS) is 1. The molecule has 1 saturated carbocycles. The molecule has 3 rings (SSSR count). The van der Waals surface area contributed by atoms with Crippen molar-refractivity contribution in [2.45, 2.75) is 56.9 Å². The van der Waals surface area contributed by atoms with E-state index in [0.29, 0.717) is 5.92 Å². The van der Waals surface area contributed by atoms with Gasteiger partial charge in [0.2, 0.25) is 0 Å². The van der Waals surface area contributed by atoms with Gasteiger partial charge in [0, 0.05) is 5.92 Å². The first kappa shape index (κ1) is 12.2. The molecule has 0 spiro atoms. The van der Waals surface area contributed by atoms with Gasteiger partial charge in [-0.2, -0.15) is 0 Å². The van der Waals surface area contributed by atoms with Gasteiger partial charge in [-0.1, -0.05) is 12.8 Å². The molecule has 1 atom stereocenters. The number of aromatic nitrogens is 2. The fourth-order valence-electron chi connectivity index (χ4n) is 3.33. The first-order valence-corrected chi connectivity index (χ1v) is 7.47. The molecule has 0 amide bonds. The highest BCUT2D eigenvalue weighted by atomic mass is 79.9. The average Bonchev–Trinajstić information content (AvgIpc) is 2.97. The second kappa shape index (κ2) is 4.68. The number of fused-ring (bicyclic) bond motifs is 1. The summed E-state index contributed by atoms with van der Waals surface area (Å²) < 4.78 is 2.86. The van der Waals surface area contributed by atoms with Gasteiger partial charge >= 0.3 is 5.97 Å². The van der Waals surface area contributed by atoms with Crippen LogP contribution in [0.4, 0.5) is 0 Å². The van der Waals surface area contributed by atoms with Crippen LogP contribution in [0.1, 0.15) is 62.0 Å². The first-order valence-electron chi connectivity index (χ1n) is 6.67. The van der Waals surface area contributed by atoms with E-state index in [0.717, 1.165) is 48.2 Å². The minimum Gasteiger partial charge on any atom is -0.480 e. The van der Waals surface area contributed by atoms with Gasteiger partial charge in [0.25, 0.3) is 0 Å². The van der Waals surface area contributed by atoms with Crippen LogP contribution < -0.4 is 0 Å². The Kier molecular flexibility index (Phi) is 3.18. The smallest absolute Gasteiger partial charge is 0.326 e. The standard InChI is InChI=1S/C13H17BrN2O2/c14-11-9-6-3-7-10(13(17)18)16(9)12(15-11)8-4-1-2-5-8/h8,10H,1-7H2,(H,17,18). The van der Waals surface area contributed by atoms with Crippen molar-refractivity contribution in [1.29, 1.82) is 0 Å². The van der Waals surface area contributed by atoms with E-state index >= 15 is 0 Å². The number of hydrogen-bond acceptors (Lipinski definition) is 2. The van der Waals surface area contributed by atoms with Crippen molar-refractivity contribution in [1.82, 2.24) is 9.55 Å². The van der Waals surface area contributed by atoms with E-state index < -0.39 is 12.0 Å². The van der Waals surface area contributed by atoms with Gasteiger partial charge in [0.15, 0.2) is 0 Å². The highest BCUT2D eigenvalue weighted by Crippen LogP contribution is 2.39. The van der Waals surface area contributed by atoms with Crippen molar-refractivity contribution in [3.8, 4) is 0 Å².